The van der Waals surface area contributed by atoms with Crippen LogP contribution in [0, 0.1) is 0 Å². The molecule has 0 bridgehead atoms. The van der Waals surface area contributed by atoms with Gasteiger partial charge >= 0.3 is 0 Å². The quantitative estimate of drug-likeness (QED) is 0.631. The maximum Gasteiger partial charge on any atom is 0.230 e. The molecule has 96 valence electrons. The average molecular weight is 286 g/mol. The number of likely N-dealkylation sites (N-methyl/N-ethyl adjacent to an activating group) is 1. The predicted octanol–water partition coefficient (Wildman–Crippen LogP) is -2.10. The Morgan fingerprint density at radius 3 is 3.06 bits per heavy atom. The second-order valence-electron chi connectivity index (χ2n) is 4.32. The summed E-state index contributed by atoms with van der Waals surface area (Å²) in [5.41, 5.74) is 2.66. The van der Waals surface area contributed by atoms with Crippen molar-refractivity contribution < 1.29 is 21.7 Å². The summed E-state index contributed by atoms with van der Waals surface area (Å²) in [7, 11) is 2.12. The first-order valence-electron chi connectivity index (χ1n) is 5.52. The molecular weight excluding hydrogens is 273 g/mol. The summed E-state index contributed by atoms with van der Waals surface area (Å²) in [6, 6.07) is 5.47. The Balaban J connectivity index is 0.00000120. The summed E-state index contributed by atoms with van der Waals surface area (Å²) in [5.74, 6) is 0.675. The number of oxazole rings is 1. The third kappa shape index (κ3) is 2.46. The highest BCUT2D eigenvalue weighted by atomic mass is 35.5. The van der Waals surface area contributed by atoms with E-state index in [0.717, 1.165) is 29.9 Å². The zero-order valence-corrected chi connectivity index (χ0v) is 11.3. The van der Waals surface area contributed by atoms with Crippen molar-refractivity contribution in [1.82, 2.24) is 10.3 Å². The fourth-order valence-electron chi connectivity index (χ4n) is 1.96. The first-order valence-corrected chi connectivity index (χ1v) is 5.90. The minimum absolute atomic E-state index is 0. The molecule has 3 rings (SSSR count). The van der Waals surface area contributed by atoms with Gasteiger partial charge < -0.3 is 27.0 Å². The van der Waals surface area contributed by atoms with Gasteiger partial charge in [0.15, 0.2) is 5.58 Å². The number of halogens is 2. The maximum atomic E-state index is 5.92. The van der Waals surface area contributed by atoms with Gasteiger partial charge in [-0.1, -0.05) is 11.6 Å². The molecule has 18 heavy (non-hydrogen) atoms. The molecule has 2 N–H and O–H groups in total. The first-order chi connectivity index (χ1) is 8.22. The lowest BCUT2D eigenvalue weighted by Gasteiger charge is -2.19. The van der Waals surface area contributed by atoms with Gasteiger partial charge in [0.1, 0.15) is 18.7 Å². The van der Waals surface area contributed by atoms with Gasteiger partial charge in [-0.05, 0) is 18.2 Å². The Hall–Kier alpha value is -1.23. The van der Waals surface area contributed by atoms with Crippen LogP contribution in [0.25, 0.3) is 16.7 Å². The van der Waals surface area contributed by atoms with Crippen molar-refractivity contribution in [2.24, 2.45) is 0 Å². The molecule has 0 radical (unpaired) electrons. The Morgan fingerprint density at radius 2 is 2.28 bits per heavy atom. The van der Waals surface area contributed by atoms with Gasteiger partial charge in [0.05, 0.1) is 12.6 Å². The summed E-state index contributed by atoms with van der Waals surface area (Å²) in [6.45, 7) is 1.84. The number of nitrogens with zero attached hydrogens (tertiary/aromatic N) is 1. The number of aromatic nitrogens is 1. The normalized spacial score (nSPS) is 19.0. The van der Waals surface area contributed by atoms with Crippen LogP contribution in [0.5, 0.6) is 0 Å². The summed E-state index contributed by atoms with van der Waals surface area (Å²) < 4.78 is 5.72. The molecule has 0 saturated carbocycles. The van der Waals surface area contributed by atoms with Crippen LogP contribution >= 0.6 is 11.6 Å². The number of hydrogen-bond donors (Lipinski definition) is 2. The lowest BCUT2D eigenvalue weighted by Crippen LogP contribution is -3.11. The molecule has 0 aliphatic carbocycles. The number of quaternary nitrogens is 1. The fraction of sp³-hybridized carbons (Fsp3) is 0.250. The van der Waals surface area contributed by atoms with Gasteiger partial charge in [-0.2, -0.15) is 0 Å². The zero-order valence-electron chi connectivity index (χ0n) is 9.84. The monoisotopic (exact) mass is 285 g/mol. The molecule has 0 saturated heterocycles. The van der Waals surface area contributed by atoms with Gasteiger partial charge in [-0.15, -0.1) is 0 Å². The van der Waals surface area contributed by atoms with E-state index in [1.807, 2.05) is 24.4 Å². The number of fused-ring (bicyclic) bond motifs is 1. The van der Waals surface area contributed by atoms with Gasteiger partial charge in [0.2, 0.25) is 5.89 Å². The standard InChI is InChI=1S/C12H12ClN3O.ClH/c1-16-6-8(5-14-7-16)12-15-10-4-9(13)2-3-11(10)17-12;/h2-5,14H,6-7H2,1H3;1H. The maximum absolute atomic E-state index is 5.92. The molecule has 1 atom stereocenters. The largest absolute Gasteiger partial charge is 1.00 e. The highest BCUT2D eigenvalue weighted by molar-refractivity contribution is 6.31. The topological polar surface area (TPSA) is 42.5 Å². The summed E-state index contributed by atoms with van der Waals surface area (Å²) in [5, 5.41) is 3.89. The van der Waals surface area contributed by atoms with E-state index < -0.39 is 0 Å². The van der Waals surface area contributed by atoms with E-state index in [4.69, 9.17) is 16.0 Å². The Morgan fingerprint density at radius 1 is 1.44 bits per heavy atom. The van der Waals surface area contributed by atoms with Gasteiger partial charge in [-0.25, -0.2) is 4.98 Å². The lowest BCUT2D eigenvalue weighted by molar-refractivity contribution is -0.875. The third-order valence-electron chi connectivity index (χ3n) is 2.80. The summed E-state index contributed by atoms with van der Waals surface area (Å²) in [4.78, 5) is 5.84. The SMILES string of the molecule is C[NH+]1CNC=C(c2nc3cc(Cl)ccc3o2)C1.[Cl-]. The zero-order chi connectivity index (χ0) is 11.8. The average Bonchev–Trinajstić information content (AvgIpc) is 2.72. The molecule has 1 aliphatic heterocycles. The Bertz CT molecular complexity index is 594. The van der Waals surface area contributed by atoms with Crippen molar-refractivity contribution in [1.29, 1.82) is 0 Å². The van der Waals surface area contributed by atoms with E-state index in [-0.39, 0.29) is 12.4 Å². The Labute approximate surface area is 116 Å². The number of benzene rings is 1. The number of rotatable bonds is 1. The van der Waals surface area contributed by atoms with E-state index >= 15 is 0 Å². The van der Waals surface area contributed by atoms with E-state index in [9.17, 15) is 0 Å². The molecule has 1 aromatic heterocycles. The van der Waals surface area contributed by atoms with Crippen LogP contribution < -0.4 is 22.6 Å². The number of hydrogen-bond acceptors (Lipinski definition) is 3. The second kappa shape index (κ2) is 5.18. The molecular formula is C12H13Cl2N3O. The summed E-state index contributed by atoms with van der Waals surface area (Å²) >= 11 is 5.92. The van der Waals surface area contributed by atoms with Gasteiger partial charge in [-0.3, -0.25) is 0 Å². The van der Waals surface area contributed by atoms with Crippen molar-refractivity contribution in [2.45, 2.75) is 0 Å². The molecule has 1 aromatic carbocycles. The van der Waals surface area contributed by atoms with Crippen LogP contribution in [0.15, 0.2) is 28.8 Å². The molecule has 0 fully saturated rings. The van der Waals surface area contributed by atoms with Crippen molar-refractivity contribution in [2.75, 3.05) is 20.3 Å². The number of nitrogens with one attached hydrogen (secondary N) is 2. The van der Waals surface area contributed by atoms with Crippen LogP contribution in [-0.4, -0.2) is 25.2 Å². The van der Waals surface area contributed by atoms with Crippen LogP contribution in [0.4, 0.5) is 0 Å². The van der Waals surface area contributed by atoms with E-state index in [1.165, 1.54) is 4.90 Å². The van der Waals surface area contributed by atoms with Crippen LogP contribution in [0.2, 0.25) is 5.02 Å². The van der Waals surface area contributed by atoms with Gasteiger partial charge in [0, 0.05) is 11.2 Å². The van der Waals surface area contributed by atoms with E-state index in [2.05, 4.69) is 17.3 Å². The van der Waals surface area contributed by atoms with E-state index in [0.29, 0.717) is 10.9 Å². The predicted molar refractivity (Wildman–Crippen MR) is 66.8 cm³/mol. The van der Waals surface area contributed by atoms with Crippen LogP contribution in [-0.2, 0) is 0 Å². The van der Waals surface area contributed by atoms with Crippen molar-refractivity contribution in [3.05, 3.63) is 35.3 Å². The molecule has 0 amide bonds. The highest BCUT2D eigenvalue weighted by Crippen LogP contribution is 2.23. The first kappa shape index (κ1) is 13.2. The Kier molecular flexibility index (Phi) is 3.80. The summed E-state index contributed by atoms with van der Waals surface area (Å²) in [6.07, 6.45) is 1.97. The van der Waals surface area contributed by atoms with Crippen LogP contribution in [0.1, 0.15) is 5.89 Å². The highest BCUT2D eigenvalue weighted by Gasteiger charge is 2.18. The molecule has 1 aliphatic rings. The fourth-order valence-corrected chi connectivity index (χ4v) is 2.13. The van der Waals surface area contributed by atoms with Crippen molar-refractivity contribution in [3.8, 4) is 0 Å². The third-order valence-corrected chi connectivity index (χ3v) is 3.03. The van der Waals surface area contributed by atoms with Crippen molar-refractivity contribution >= 4 is 28.3 Å². The van der Waals surface area contributed by atoms with Crippen LogP contribution in [0.3, 0.4) is 0 Å². The molecule has 6 heteroatoms. The molecule has 2 heterocycles. The van der Waals surface area contributed by atoms with E-state index in [1.54, 1.807) is 0 Å². The smallest absolute Gasteiger partial charge is 0.230 e. The minimum atomic E-state index is 0. The lowest BCUT2D eigenvalue weighted by atomic mass is 10.2. The van der Waals surface area contributed by atoms with Gasteiger partial charge in [0.25, 0.3) is 0 Å². The molecule has 2 aromatic rings. The molecule has 0 spiro atoms. The minimum Gasteiger partial charge on any atom is -1.00 e. The molecule has 4 nitrogen and oxygen atoms in total. The molecule has 1 unspecified atom stereocenters. The second-order valence-corrected chi connectivity index (χ2v) is 4.75. The van der Waals surface area contributed by atoms with Crippen molar-refractivity contribution in [3.63, 3.8) is 0 Å².